The van der Waals surface area contributed by atoms with Gasteiger partial charge in [0, 0.05) is 12.8 Å². The molecule has 0 radical (unpaired) electrons. The Morgan fingerprint density at radius 3 is 0.784 bits per heavy atom. The highest BCUT2D eigenvalue weighted by atomic mass is 31.2. The molecule has 0 fully saturated rings. The molecule has 0 aliphatic rings. The van der Waals surface area contributed by atoms with Gasteiger partial charge >= 0.3 is 11.9 Å². The summed E-state index contributed by atoms with van der Waals surface area (Å²) in [6, 6.07) is 0. The van der Waals surface area contributed by atoms with Crippen molar-refractivity contribution in [2.24, 2.45) is 0 Å². The van der Waals surface area contributed by atoms with E-state index in [1.807, 2.05) is 21.1 Å². The lowest BCUT2D eigenvalue weighted by atomic mass is 10.1. The average Bonchev–Trinajstić information content (AvgIpc) is 0.935. The van der Waals surface area contributed by atoms with Gasteiger partial charge in [-0.15, -0.1) is 0 Å². The number of carbonyl (C=O) groups is 2. The van der Waals surface area contributed by atoms with Crippen molar-refractivity contribution >= 4 is 19.8 Å². The van der Waals surface area contributed by atoms with E-state index in [2.05, 4.69) is 281 Å². The van der Waals surface area contributed by atoms with E-state index in [-0.39, 0.29) is 26.1 Å². The molecule has 102 heavy (non-hydrogen) atoms. The first kappa shape index (κ1) is 95.3. The summed E-state index contributed by atoms with van der Waals surface area (Å²) in [5.41, 5.74) is 0. The summed E-state index contributed by atoms with van der Waals surface area (Å²) in [7, 11) is 1.10. The molecule has 0 saturated carbocycles. The average molecular weight is 1420 g/mol. The van der Waals surface area contributed by atoms with Gasteiger partial charge in [-0.1, -0.05) is 320 Å². The number of nitrogens with zero attached hydrogens (tertiary/aromatic N) is 1. The van der Waals surface area contributed by atoms with Crippen molar-refractivity contribution in [1.29, 1.82) is 0 Å². The van der Waals surface area contributed by atoms with E-state index >= 15 is 0 Å². The third-order valence-corrected chi connectivity index (χ3v) is 16.2. The molecule has 0 aliphatic carbocycles. The van der Waals surface area contributed by atoms with Crippen molar-refractivity contribution in [2.75, 3.05) is 47.5 Å². The fraction of sp³-hybridized carbons (Fsp3) is 0.500. The number of rotatable bonds is 68. The molecule has 2 atom stereocenters. The fourth-order valence-electron chi connectivity index (χ4n) is 9.37. The summed E-state index contributed by atoms with van der Waals surface area (Å²) in [4.78, 5) is 38.2. The maximum absolute atomic E-state index is 12.9. The first-order chi connectivity index (χ1) is 50.0. The Morgan fingerprint density at radius 1 is 0.304 bits per heavy atom. The van der Waals surface area contributed by atoms with E-state index in [0.29, 0.717) is 23.9 Å². The lowest BCUT2D eigenvalue weighted by molar-refractivity contribution is -0.870. The van der Waals surface area contributed by atoms with Gasteiger partial charge in [0.2, 0.25) is 0 Å². The standard InChI is InChI=1S/C92H140NO8P/c1-6-8-10-12-14-16-18-20-22-24-26-28-30-32-34-36-38-40-42-44-46-48-50-52-54-56-58-60-62-64-66-68-70-72-74-76-78-80-82-84-91(94)98-88-90(89-100-102(96,97)99-87-86-93(3,4)5)101-92(95)85-83-81-79-77-75-73-71-69-67-65-63-61-59-57-55-53-51-49-47-45-43-41-39-37-35-33-31-29-27-25-23-21-19-17-15-13-11-9-7-2/h8-11,14-17,20-23,26-29,32-35,38-41,44-47,50-53,56-59,62-65,68-71,90H,6-7,12-13,18-19,24-25,30-31,36-37,42-43,48-49,54-55,60-61,66-67,72-89H2,1-5H3/b10-8-,11-9-,16-14-,17-15-,22-20-,23-21-,28-26-,29-27-,34-32-,35-33-,40-38-,41-39-,46-44-,47-45-,52-50-,53-51-,58-56-,59-57-,64-62-,65-63-,70-68-,71-69-. The highest BCUT2D eigenvalue weighted by Gasteiger charge is 2.22. The molecule has 0 bridgehead atoms. The molecule has 10 heteroatoms. The minimum atomic E-state index is -4.68. The van der Waals surface area contributed by atoms with E-state index in [4.69, 9.17) is 18.5 Å². The van der Waals surface area contributed by atoms with Gasteiger partial charge in [0.25, 0.3) is 7.82 Å². The summed E-state index contributed by atoms with van der Waals surface area (Å²) in [5, 5.41) is 0. The monoisotopic (exact) mass is 1420 g/mol. The third-order valence-electron chi connectivity index (χ3n) is 15.2. The Morgan fingerprint density at radius 2 is 0.529 bits per heavy atom. The van der Waals surface area contributed by atoms with Crippen molar-refractivity contribution in [1.82, 2.24) is 0 Å². The van der Waals surface area contributed by atoms with Crippen LogP contribution in [0.2, 0.25) is 0 Å². The van der Waals surface area contributed by atoms with Crippen LogP contribution >= 0.6 is 7.82 Å². The lowest BCUT2D eigenvalue weighted by Crippen LogP contribution is -2.37. The number of allylic oxidation sites excluding steroid dienone is 44. The van der Waals surface area contributed by atoms with Gasteiger partial charge in [0.05, 0.1) is 27.7 Å². The van der Waals surface area contributed by atoms with Gasteiger partial charge in [-0.2, -0.15) is 0 Å². The van der Waals surface area contributed by atoms with Crippen molar-refractivity contribution in [3.63, 3.8) is 0 Å². The molecule has 566 valence electrons. The Balaban J connectivity index is 4.22. The molecule has 0 aromatic carbocycles. The third kappa shape index (κ3) is 82.2. The van der Waals surface area contributed by atoms with Crippen LogP contribution < -0.4 is 4.89 Å². The summed E-state index contributed by atoms with van der Waals surface area (Å²) in [5.74, 6) is -0.900. The Kier molecular flexibility index (Phi) is 73.3. The summed E-state index contributed by atoms with van der Waals surface area (Å²) >= 11 is 0. The number of likely N-dealkylation sites (N-methyl/N-ethyl adjacent to an activating group) is 1. The first-order valence-corrected chi connectivity index (χ1v) is 40.5. The summed E-state index contributed by atoms with van der Waals surface area (Å²) in [6.45, 7) is 3.93. The Bertz CT molecular complexity index is 2730. The number of carbonyl (C=O) groups excluding carboxylic acids is 2. The van der Waals surface area contributed by atoms with E-state index in [9.17, 15) is 19.0 Å². The van der Waals surface area contributed by atoms with Gasteiger partial charge in [0.15, 0.2) is 6.10 Å². The first-order valence-electron chi connectivity index (χ1n) is 39.0. The molecule has 0 N–H and O–H groups in total. The molecule has 0 rings (SSSR count). The van der Waals surface area contributed by atoms with E-state index < -0.39 is 32.5 Å². The molecule has 2 unspecified atom stereocenters. The number of hydrogen-bond donors (Lipinski definition) is 0. The minimum absolute atomic E-state index is 0.0537. The maximum atomic E-state index is 12.9. The number of esters is 2. The smallest absolute Gasteiger partial charge is 0.306 e. The molecule has 0 aromatic rings. The van der Waals surface area contributed by atoms with Crippen LogP contribution in [0.25, 0.3) is 0 Å². The molecule has 0 aliphatic heterocycles. The van der Waals surface area contributed by atoms with Gasteiger partial charge in [-0.25, -0.2) is 0 Å². The maximum Gasteiger partial charge on any atom is 0.306 e. The van der Waals surface area contributed by atoms with Crippen LogP contribution in [0.4, 0.5) is 0 Å². The zero-order chi connectivity index (χ0) is 74.0. The summed E-state index contributed by atoms with van der Waals surface area (Å²) < 4.78 is 34.3. The molecule has 9 nitrogen and oxygen atoms in total. The second kappa shape index (κ2) is 78.4. The number of unbranched alkanes of at least 4 members (excludes halogenated alkanes) is 10. The highest BCUT2D eigenvalue weighted by molar-refractivity contribution is 7.45. The fourth-order valence-corrected chi connectivity index (χ4v) is 10.1. The minimum Gasteiger partial charge on any atom is -0.756 e. The number of hydrogen-bond acceptors (Lipinski definition) is 8. The van der Waals surface area contributed by atoms with Crippen molar-refractivity contribution in [3.8, 4) is 0 Å². The van der Waals surface area contributed by atoms with Crippen LogP contribution in [0.3, 0.4) is 0 Å². The van der Waals surface area contributed by atoms with E-state index in [1.165, 1.54) is 0 Å². The number of phosphoric acid groups is 1. The van der Waals surface area contributed by atoms with Crippen LogP contribution in [-0.4, -0.2) is 70.0 Å². The molecule has 0 spiro atoms. The van der Waals surface area contributed by atoms with Gasteiger partial charge < -0.3 is 27.9 Å². The number of ether oxygens (including phenoxy) is 2. The summed E-state index contributed by atoms with van der Waals surface area (Å²) in [6.07, 6.45) is 130. The van der Waals surface area contributed by atoms with Crippen molar-refractivity contribution in [3.05, 3.63) is 267 Å². The predicted octanol–water partition coefficient (Wildman–Crippen LogP) is 26.0. The van der Waals surface area contributed by atoms with Gasteiger partial charge in [0.1, 0.15) is 19.8 Å². The zero-order valence-corrected chi connectivity index (χ0v) is 65.3. The van der Waals surface area contributed by atoms with E-state index in [1.54, 1.807) is 0 Å². The SMILES string of the molecule is CC/C=C\C/C=C\C/C=C\C/C=C\C/C=C\C/C=C\C/C=C\C/C=C\C/C=C\C/C=C\C/C=C\CCCCCCCC(=O)OCC(COP(=O)([O-])OCC[N+](C)(C)C)OC(=O)CCCCCCC/C=C\C/C=C\C/C=C\C/C=C\C/C=C\C/C=C\C/C=C\C/C=C\C/C=C\C/C=C\C/C=C\CC. The van der Waals surface area contributed by atoms with Crippen molar-refractivity contribution in [2.45, 2.75) is 251 Å². The predicted molar refractivity (Wildman–Crippen MR) is 442 cm³/mol. The number of quaternary nitrogens is 1. The van der Waals surface area contributed by atoms with Gasteiger partial charge in [-0.3, -0.25) is 14.2 Å². The normalized spacial score (nSPS) is 14.5. The second-order valence-electron chi connectivity index (χ2n) is 25.9. The van der Waals surface area contributed by atoms with Crippen LogP contribution in [0, 0.1) is 0 Å². The van der Waals surface area contributed by atoms with Crippen LogP contribution in [0.1, 0.15) is 245 Å². The quantitative estimate of drug-likeness (QED) is 0.0195. The molecule has 0 amide bonds. The molecular weight excluding hydrogens is 1280 g/mol. The molecule has 0 aromatic heterocycles. The second-order valence-corrected chi connectivity index (χ2v) is 27.3. The highest BCUT2D eigenvalue weighted by Crippen LogP contribution is 2.38. The van der Waals surface area contributed by atoms with Crippen LogP contribution in [0.15, 0.2) is 267 Å². The lowest BCUT2D eigenvalue weighted by Gasteiger charge is -2.28. The Labute approximate surface area is 624 Å². The van der Waals surface area contributed by atoms with Crippen LogP contribution in [-0.2, 0) is 32.7 Å². The van der Waals surface area contributed by atoms with E-state index in [0.717, 1.165) is 205 Å². The van der Waals surface area contributed by atoms with Gasteiger partial charge in [-0.05, 0) is 180 Å². The molecule has 0 heterocycles. The van der Waals surface area contributed by atoms with Crippen molar-refractivity contribution < 1.29 is 42.1 Å². The largest absolute Gasteiger partial charge is 0.756 e. The Hall–Kier alpha value is -6.71. The molecular formula is C92H140NO8P. The molecule has 0 saturated heterocycles. The number of phosphoric ester groups is 1. The topological polar surface area (TPSA) is 111 Å². The zero-order valence-electron chi connectivity index (χ0n) is 64.4. The van der Waals surface area contributed by atoms with Crippen LogP contribution in [0.5, 0.6) is 0 Å².